The molecule has 3 heterocycles. The summed E-state index contributed by atoms with van der Waals surface area (Å²) in [5, 5.41) is 11.7. The summed E-state index contributed by atoms with van der Waals surface area (Å²) in [6.07, 6.45) is 1.00. The quantitative estimate of drug-likeness (QED) is 0.737. The van der Waals surface area contributed by atoms with E-state index in [2.05, 4.69) is 25.3 Å². The lowest BCUT2D eigenvalue weighted by Crippen LogP contribution is -2.37. The minimum atomic E-state index is -4.52. The number of anilines is 1. The zero-order valence-corrected chi connectivity index (χ0v) is 12.9. The second-order valence-corrected chi connectivity index (χ2v) is 5.28. The molecule has 0 radical (unpaired) electrons. The Morgan fingerprint density at radius 1 is 1.04 bits per heavy atom. The summed E-state index contributed by atoms with van der Waals surface area (Å²) in [6.45, 7) is -0.598. The van der Waals surface area contributed by atoms with Crippen LogP contribution in [-0.4, -0.2) is 43.9 Å². The van der Waals surface area contributed by atoms with Gasteiger partial charge in [-0.3, -0.25) is 9.97 Å². The Kier molecular flexibility index (Phi) is 4.75. The van der Waals surface area contributed by atoms with E-state index in [1.54, 1.807) is 30.6 Å². The number of alkyl halides is 3. The van der Waals surface area contributed by atoms with Crippen LogP contribution in [0.15, 0.2) is 43.0 Å². The Bertz CT molecular complexity index is 857. The lowest BCUT2D eigenvalue weighted by molar-refractivity contribution is -0.145. The number of hydrogen-bond donors (Lipinski definition) is 2. The maximum absolute atomic E-state index is 13.2. The molecular weight excluding hydrogens is 335 g/mol. The number of aliphatic hydroxyl groups excluding tert-OH is 1. The molecule has 130 valence electrons. The molecule has 0 amide bonds. The molecule has 1 unspecified atom stereocenters. The van der Waals surface area contributed by atoms with Crippen molar-refractivity contribution in [2.75, 3.05) is 11.9 Å². The summed E-state index contributed by atoms with van der Waals surface area (Å²) < 4.78 is 39.5. The number of fused-ring (bicyclic) bond motifs is 1. The van der Waals surface area contributed by atoms with Crippen molar-refractivity contribution in [3.05, 3.63) is 43.0 Å². The molecule has 9 heteroatoms. The first-order valence-electron chi connectivity index (χ1n) is 7.45. The first-order chi connectivity index (χ1) is 12.0. The molecule has 3 aromatic rings. The van der Waals surface area contributed by atoms with Crippen molar-refractivity contribution < 1.29 is 18.3 Å². The molecule has 0 saturated carbocycles. The highest BCUT2D eigenvalue weighted by atomic mass is 19.4. The molecule has 0 aromatic carbocycles. The van der Waals surface area contributed by atoms with Gasteiger partial charge in [0, 0.05) is 36.1 Å². The number of aliphatic hydroxyl groups is 1. The van der Waals surface area contributed by atoms with Crippen molar-refractivity contribution in [3.63, 3.8) is 0 Å². The molecule has 1 atom stereocenters. The Labute approximate surface area is 140 Å². The minimum absolute atomic E-state index is 0.0370. The Morgan fingerprint density at radius 3 is 2.44 bits per heavy atom. The largest absolute Gasteiger partial charge is 0.408 e. The highest BCUT2D eigenvalue weighted by molar-refractivity contribution is 5.90. The summed E-state index contributed by atoms with van der Waals surface area (Å²) in [6, 6.07) is 2.95. The third-order valence-corrected chi connectivity index (χ3v) is 3.56. The minimum Gasteiger partial charge on any atom is -0.396 e. The standard InChI is InChI=1S/C16H14F3N5O/c17-16(18,19)13(4-8-25)23-15-11-3-7-21-9-12(11)22-14(24-15)10-1-5-20-6-2-10/h1-3,5-7,9,13,25H,4,8H2,(H,22,23,24). The fraction of sp³-hybridized carbons (Fsp3) is 0.250. The molecule has 0 bridgehead atoms. The SMILES string of the molecule is OCCC(Nc1nc(-c2ccncc2)nc2cnccc12)C(F)(F)F. The summed E-state index contributed by atoms with van der Waals surface area (Å²) in [5.41, 5.74) is 1.03. The van der Waals surface area contributed by atoms with E-state index < -0.39 is 25.2 Å². The molecule has 0 aliphatic rings. The first kappa shape index (κ1) is 17.0. The Hall–Kier alpha value is -2.81. The number of halogens is 3. The van der Waals surface area contributed by atoms with E-state index in [-0.39, 0.29) is 11.6 Å². The molecule has 2 N–H and O–H groups in total. The van der Waals surface area contributed by atoms with Gasteiger partial charge in [0.1, 0.15) is 11.9 Å². The van der Waals surface area contributed by atoms with Crippen LogP contribution in [-0.2, 0) is 0 Å². The maximum Gasteiger partial charge on any atom is 0.408 e. The Morgan fingerprint density at radius 2 is 1.76 bits per heavy atom. The average molecular weight is 349 g/mol. The number of nitrogens with zero attached hydrogens (tertiary/aromatic N) is 4. The number of aromatic nitrogens is 4. The van der Waals surface area contributed by atoms with E-state index in [9.17, 15) is 13.2 Å². The zero-order valence-electron chi connectivity index (χ0n) is 12.9. The van der Waals surface area contributed by atoms with Crippen LogP contribution in [0.2, 0.25) is 0 Å². The molecule has 0 aliphatic carbocycles. The van der Waals surface area contributed by atoms with Crippen LogP contribution in [0.3, 0.4) is 0 Å². The molecule has 0 aliphatic heterocycles. The Balaban J connectivity index is 2.09. The van der Waals surface area contributed by atoms with Gasteiger partial charge in [-0.05, 0) is 24.6 Å². The van der Waals surface area contributed by atoms with Gasteiger partial charge in [0.15, 0.2) is 5.82 Å². The van der Waals surface area contributed by atoms with Gasteiger partial charge in [-0.15, -0.1) is 0 Å². The van der Waals surface area contributed by atoms with Crippen molar-refractivity contribution in [1.29, 1.82) is 0 Å². The van der Waals surface area contributed by atoms with Gasteiger partial charge in [-0.25, -0.2) is 9.97 Å². The zero-order chi connectivity index (χ0) is 17.9. The van der Waals surface area contributed by atoms with Crippen molar-refractivity contribution in [1.82, 2.24) is 19.9 Å². The second-order valence-electron chi connectivity index (χ2n) is 5.28. The first-order valence-corrected chi connectivity index (χ1v) is 7.45. The summed E-state index contributed by atoms with van der Waals surface area (Å²) >= 11 is 0. The molecule has 0 fully saturated rings. The number of rotatable bonds is 5. The second kappa shape index (κ2) is 6.98. The van der Waals surface area contributed by atoms with E-state index in [1.807, 2.05) is 0 Å². The molecule has 3 rings (SSSR count). The predicted octanol–water partition coefficient (Wildman–Crippen LogP) is 2.81. The van der Waals surface area contributed by atoms with Crippen LogP contribution in [0.1, 0.15) is 6.42 Å². The van der Waals surface area contributed by atoms with E-state index >= 15 is 0 Å². The molecule has 25 heavy (non-hydrogen) atoms. The molecular formula is C16H14F3N5O. The summed E-state index contributed by atoms with van der Waals surface area (Å²) in [5.74, 6) is 0.297. The van der Waals surface area contributed by atoms with Crippen LogP contribution < -0.4 is 5.32 Å². The van der Waals surface area contributed by atoms with E-state index in [1.165, 1.54) is 12.4 Å². The summed E-state index contributed by atoms with van der Waals surface area (Å²) in [4.78, 5) is 16.5. The van der Waals surface area contributed by atoms with Gasteiger partial charge in [0.2, 0.25) is 0 Å². The van der Waals surface area contributed by atoms with Crippen LogP contribution in [0.5, 0.6) is 0 Å². The normalized spacial score (nSPS) is 13.0. The van der Waals surface area contributed by atoms with Crippen LogP contribution in [0.4, 0.5) is 19.0 Å². The lowest BCUT2D eigenvalue weighted by Gasteiger charge is -2.22. The highest BCUT2D eigenvalue weighted by Gasteiger charge is 2.39. The third kappa shape index (κ3) is 3.82. The third-order valence-electron chi connectivity index (χ3n) is 3.56. The van der Waals surface area contributed by atoms with Gasteiger partial charge in [0.05, 0.1) is 11.7 Å². The average Bonchev–Trinajstić information content (AvgIpc) is 2.61. The van der Waals surface area contributed by atoms with Gasteiger partial charge in [-0.2, -0.15) is 13.2 Å². The molecule has 0 spiro atoms. The topological polar surface area (TPSA) is 83.8 Å². The van der Waals surface area contributed by atoms with Crippen molar-refractivity contribution in [2.24, 2.45) is 0 Å². The van der Waals surface area contributed by atoms with E-state index in [0.29, 0.717) is 16.5 Å². The fourth-order valence-electron chi connectivity index (χ4n) is 2.33. The summed E-state index contributed by atoms with van der Waals surface area (Å²) in [7, 11) is 0. The number of pyridine rings is 2. The van der Waals surface area contributed by atoms with E-state index in [0.717, 1.165) is 0 Å². The number of hydrogen-bond acceptors (Lipinski definition) is 6. The van der Waals surface area contributed by atoms with Crippen molar-refractivity contribution in [2.45, 2.75) is 18.6 Å². The van der Waals surface area contributed by atoms with Crippen molar-refractivity contribution in [3.8, 4) is 11.4 Å². The van der Waals surface area contributed by atoms with Crippen LogP contribution in [0.25, 0.3) is 22.3 Å². The van der Waals surface area contributed by atoms with Crippen LogP contribution >= 0.6 is 0 Å². The maximum atomic E-state index is 13.2. The van der Waals surface area contributed by atoms with Gasteiger partial charge in [0.25, 0.3) is 0 Å². The van der Waals surface area contributed by atoms with Crippen molar-refractivity contribution >= 4 is 16.7 Å². The predicted molar refractivity (Wildman–Crippen MR) is 85.7 cm³/mol. The molecule has 0 saturated heterocycles. The van der Waals surface area contributed by atoms with Crippen LogP contribution in [0, 0.1) is 0 Å². The fourth-order valence-corrected chi connectivity index (χ4v) is 2.33. The molecule has 3 aromatic heterocycles. The van der Waals surface area contributed by atoms with Gasteiger partial charge < -0.3 is 10.4 Å². The highest BCUT2D eigenvalue weighted by Crippen LogP contribution is 2.29. The lowest BCUT2D eigenvalue weighted by atomic mass is 10.2. The van der Waals surface area contributed by atoms with Gasteiger partial charge in [-0.1, -0.05) is 0 Å². The van der Waals surface area contributed by atoms with Gasteiger partial charge >= 0.3 is 6.18 Å². The molecule has 6 nitrogen and oxygen atoms in total. The monoisotopic (exact) mass is 349 g/mol. The van der Waals surface area contributed by atoms with E-state index in [4.69, 9.17) is 5.11 Å². The smallest absolute Gasteiger partial charge is 0.396 e. The number of nitrogens with one attached hydrogen (secondary N) is 1.